The molecule has 1 aliphatic carbocycles. The molecular formula is C15H21BrN2O. The summed E-state index contributed by atoms with van der Waals surface area (Å²) in [6.07, 6.45) is 4.79. The Labute approximate surface area is 123 Å². The fourth-order valence-corrected chi connectivity index (χ4v) is 3.17. The molecule has 2 amide bonds. The van der Waals surface area contributed by atoms with Gasteiger partial charge in [0.2, 0.25) is 0 Å². The zero-order valence-electron chi connectivity index (χ0n) is 11.5. The monoisotopic (exact) mass is 324 g/mol. The number of hydrogen-bond donors (Lipinski definition) is 2. The smallest absolute Gasteiger partial charge is 0.319 e. The normalized spacial score (nSPS) is 22.9. The van der Waals surface area contributed by atoms with Gasteiger partial charge in [-0.3, -0.25) is 0 Å². The van der Waals surface area contributed by atoms with Crippen molar-refractivity contribution in [3.8, 4) is 0 Å². The minimum absolute atomic E-state index is 0.108. The van der Waals surface area contributed by atoms with E-state index in [1.165, 1.54) is 24.8 Å². The average Bonchev–Trinajstić information content (AvgIpc) is 2.36. The van der Waals surface area contributed by atoms with Crippen LogP contribution in [0.25, 0.3) is 0 Å². The molecule has 2 unspecified atom stereocenters. The molecule has 0 spiro atoms. The van der Waals surface area contributed by atoms with Crippen molar-refractivity contribution >= 4 is 27.6 Å². The number of aryl methyl sites for hydroxylation is 1. The van der Waals surface area contributed by atoms with Crippen molar-refractivity contribution in [2.75, 3.05) is 5.32 Å². The van der Waals surface area contributed by atoms with E-state index in [1.54, 1.807) is 0 Å². The molecule has 0 saturated heterocycles. The van der Waals surface area contributed by atoms with Crippen LogP contribution in [-0.2, 0) is 0 Å². The maximum atomic E-state index is 12.0. The van der Waals surface area contributed by atoms with Crippen LogP contribution in [0.5, 0.6) is 0 Å². The molecule has 4 heteroatoms. The van der Waals surface area contributed by atoms with E-state index in [1.807, 2.05) is 25.1 Å². The molecule has 0 radical (unpaired) electrons. The molecule has 19 heavy (non-hydrogen) atoms. The first kappa shape index (κ1) is 14.4. The fraction of sp³-hybridized carbons (Fsp3) is 0.533. The number of hydrogen-bond acceptors (Lipinski definition) is 1. The van der Waals surface area contributed by atoms with E-state index in [9.17, 15) is 4.79 Å². The fourth-order valence-electron chi connectivity index (χ4n) is 2.58. The van der Waals surface area contributed by atoms with Crippen LogP contribution in [0.1, 0.15) is 38.2 Å². The lowest BCUT2D eigenvalue weighted by Crippen LogP contribution is -2.43. The van der Waals surface area contributed by atoms with E-state index in [0.717, 1.165) is 16.6 Å². The van der Waals surface area contributed by atoms with Crippen molar-refractivity contribution in [3.63, 3.8) is 0 Å². The van der Waals surface area contributed by atoms with Gasteiger partial charge in [-0.2, -0.15) is 0 Å². The predicted molar refractivity (Wildman–Crippen MR) is 82.5 cm³/mol. The molecule has 104 valence electrons. The van der Waals surface area contributed by atoms with Gasteiger partial charge in [-0.05, 0) is 59.3 Å². The van der Waals surface area contributed by atoms with Gasteiger partial charge in [0.05, 0.1) is 5.69 Å². The zero-order chi connectivity index (χ0) is 13.8. The lowest BCUT2D eigenvalue weighted by atomic mass is 9.86. The third-order valence-corrected chi connectivity index (χ3v) is 4.46. The molecular weight excluding hydrogens is 304 g/mol. The molecule has 0 aliphatic heterocycles. The highest BCUT2D eigenvalue weighted by atomic mass is 79.9. The van der Waals surface area contributed by atoms with Crippen molar-refractivity contribution in [3.05, 3.63) is 28.2 Å². The van der Waals surface area contributed by atoms with Gasteiger partial charge in [0, 0.05) is 10.5 Å². The van der Waals surface area contributed by atoms with Crippen LogP contribution >= 0.6 is 15.9 Å². The van der Waals surface area contributed by atoms with Crippen LogP contribution in [0.2, 0.25) is 0 Å². The summed E-state index contributed by atoms with van der Waals surface area (Å²) in [5, 5.41) is 6.00. The van der Waals surface area contributed by atoms with Crippen molar-refractivity contribution in [2.45, 2.75) is 45.6 Å². The molecule has 0 aromatic heterocycles. The quantitative estimate of drug-likeness (QED) is 0.828. The van der Waals surface area contributed by atoms with E-state index in [4.69, 9.17) is 0 Å². The third-order valence-electron chi connectivity index (χ3n) is 3.80. The van der Waals surface area contributed by atoms with Crippen LogP contribution in [0.15, 0.2) is 22.7 Å². The Morgan fingerprint density at radius 1 is 1.32 bits per heavy atom. The van der Waals surface area contributed by atoms with Gasteiger partial charge in [-0.25, -0.2) is 4.79 Å². The van der Waals surface area contributed by atoms with Gasteiger partial charge < -0.3 is 10.6 Å². The number of carbonyl (C=O) groups is 1. The first-order valence-corrected chi connectivity index (χ1v) is 7.69. The van der Waals surface area contributed by atoms with Crippen molar-refractivity contribution in [1.82, 2.24) is 5.32 Å². The van der Waals surface area contributed by atoms with E-state index in [-0.39, 0.29) is 6.03 Å². The van der Waals surface area contributed by atoms with Crippen molar-refractivity contribution in [2.24, 2.45) is 5.92 Å². The standard InChI is InChI=1S/C15H21BrN2O/c1-10-7-8-14(12(16)9-10)18-15(19)17-13-6-4-3-5-11(13)2/h7-9,11,13H,3-6H2,1-2H3,(H2,17,18,19). The van der Waals surface area contributed by atoms with Crippen LogP contribution in [-0.4, -0.2) is 12.1 Å². The molecule has 1 aromatic carbocycles. The highest BCUT2D eigenvalue weighted by Gasteiger charge is 2.22. The van der Waals surface area contributed by atoms with E-state index < -0.39 is 0 Å². The van der Waals surface area contributed by atoms with Crippen LogP contribution in [0, 0.1) is 12.8 Å². The zero-order valence-corrected chi connectivity index (χ0v) is 13.1. The Hall–Kier alpha value is -1.03. The number of amides is 2. The second-order valence-electron chi connectivity index (χ2n) is 5.45. The van der Waals surface area contributed by atoms with Gasteiger partial charge >= 0.3 is 6.03 Å². The molecule has 0 heterocycles. The predicted octanol–water partition coefficient (Wildman–Crippen LogP) is 4.46. The summed E-state index contributed by atoms with van der Waals surface area (Å²) in [6.45, 7) is 4.24. The summed E-state index contributed by atoms with van der Waals surface area (Å²) in [7, 11) is 0. The molecule has 3 nitrogen and oxygen atoms in total. The molecule has 1 aliphatic rings. The largest absolute Gasteiger partial charge is 0.335 e. The van der Waals surface area contributed by atoms with Gasteiger partial charge in [-0.1, -0.05) is 25.8 Å². The molecule has 0 bridgehead atoms. The van der Waals surface area contributed by atoms with Crippen molar-refractivity contribution < 1.29 is 4.79 Å². The summed E-state index contributed by atoms with van der Waals surface area (Å²) in [6, 6.07) is 6.10. The number of nitrogens with one attached hydrogen (secondary N) is 2. The molecule has 1 aromatic rings. The third kappa shape index (κ3) is 3.96. The Morgan fingerprint density at radius 3 is 2.74 bits per heavy atom. The first-order chi connectivity index (χ1) is 9.06. The summed E-state index contributed by atoms with van der Waals surface area (Å²) in [5.41, 5.74) is 1.98. The van der Waals surface area contributed by atoms with Gasteiger partial charge in [-0.15, -0.1) is 0 Å². The van der Waals surface area contributed by atoms with E-state index in [0.29, 0.717) is 12.0 Å². The second kappa shape index (κ2) is 6.42. The summed E-state index contributed by atoms with van der Waals surface area (Å²) < 4.78 is 0.916. The van der Waals surface area contributed by atoms with Crippen LogP contribution in [0.4, 0.5) is 10.5 Å². The lowest BCUT2D eigenvalue weighted by Gasteiger charge is -2.29. The minimum Gasteiger partial charge on any atom is -0.335 e. The number of urea groups is 1. The first-order valence-electron chi connectivity index (χ1n) is 6.90. The Balaban J connectivity index is 1.93. The topological polar surface area (TPSA) is 41.1 Å². The molecule has 1 saturated carbocycles. The number of halogens is 1. The molecule has 2 N–H and O–H groups in total. The number of benzene rings is 1. The summed E-state index contributed by atoms with van der Waals surface area (Å²) in [4.78, 5) is 12.0. The SMILES string of the molecule is Cc1ccc(NC(=O)NC2CCCCC2C)c(Br)c1. The second-order valence-corrected chi connectivity index (χ2v) is 6.30. The highest BCUT2D eigenvalue weighted by Crippen LogP contribution is 2.25. The molecule has 1 fully saturated rings. The molecule has 2 atom stereocenters. The van der Waals surface area contributed by atoms with Gasteiger partial charge in [0.25, 0.3) is 0 Å². The van der Waals surface area contributed by atoms with E-state index in [2.05, 4.69) is 33.5 Å². The highest BCUT2D eigenvalue weighted by molar-refractivity contribution is 9.10. The summed E-state index contributed by atoms with van der Waals surface area (Å²) in [5.74, 6) is 0.570. The Bertz CT molecular complexity index is 461. The van der Waals surface area contributed by atoms with E-state index >= 15 is 0 Å². The summed E-state index contributed by atoms with van der Waals surface area (Å²) >= 11 is 3.47. The van der Waals surface area contributed by atoms with Crippen LogP contribution < -0.4 is 10.6 Å². The lowest BCUT2D eigenvalue weighted by molar-refractivity contribution is 0.232. The maximum absolute atomic E-state index is 12.0. The number of rotatable bonds is 2. The minimum atomic E-state index is -0.108. The Kier molecular flexibility index (Phi) is 4.86. The number of anilines is 1. The molecule has 2 rings (SSSR count). The van der Waals surface area contributed by atoms with Crippen LogP contribution in [0.3, 0.4) is 0 Å². The number of carbonyl (C=O) groups excluding carboxylic acids is 1. The Morgan fingerprint density at radius 2 is 2.05 bits per heavy atom. The van der Waals surface area contributed by atoms with Crippen molar-refractivity contribution in [1.29, 1.82) is 0 Å². The average molecular weight is 325 g/mol. The van der Waals surface area contributed by atoms with Gasteiger partial charge in [0.15, 0.2) is 0 Å². The maximum Gasteiger partial charge on any atom is 0.319 e. The van der Waals surface area contributed by atoms with Gasteiger partial charge in [0.1, 0.15) is 0 Å².